The van der Waals surface area contributed by atoms with Crippen LogP contribution in [0.5, 0.6) is 11.5 Å². The maximum absolute atomic E-state index is 13.0. The second-order valence-electron chi connectivity index (χ2n) is 8.50. The maximum Gasteiger partial charge on any atom is 0.254 e. The van der Waals surface area contributed by atoms with Crippen molar-refractivity contribution in [3.63, 3.8) is 0 Å². The van der Waals surface area contributed by atoms with E-state index in [1.165, 1.54) is 0 Å². The fourth-order valence-corrected chi connectivity index (χ4v) is 4.36. The number of rotatable bonds is 7. The Bertz CT molecular complexity index is 1090. The maximum atomic E-state index is 13.0. The van der Waals surface area contributed by atoms with Gasteiger partial charge in [-0.05, 0) is 55.5 Å². The van der Waals surface area contributed by atoms with Crippen LogP contribution in [-0.2, 0) is 4.79 Å². The summed E-state index contributed by atoms with van der Waals surface area (Å²) in [6.45, 7) is 7.02. The van der Waals surface area contributed by atoms with Gasteiger partial charge in [0.1, 0.15) is 6.04 Å². The van der Waals surface area contributed by atoms with Crippen LogP contribution in [0.2, 0.25) is 0 Å². The van der Waals surface area contributed by atoms with E-state index in [1.54, 1.807) is 24.3 Å². The second-order valence-corrected chi connectivity index (χ2v) is 8.50. The fourth-order valence-electron chi connectivity index (χ4n) is 4.36. The van der Waals surface area contributed by atoms with Crippen LogP contribution < -0.4 is 20.1 Å². The summed E-state index contributed by atoms with van der Waals surface area (Å²) in [6, 6.07) is 11.7. The third kappa shape index (κ3) is 5.06. The van der Waals surface area contributed by atoms with Crippen LogP contribution in [0.3, 0.4) is 0 Å². The molecule has 2 aromatic carbocycles. The topological polar surface area (TPSA) is 97.0 Å². The van der Waals surface area contributed by atoms with Gasteiger partial charge in [-0.15, -0.1) is 6.58 Å². The summed E-state index contributed by atoms with van der Waals surface area (Å²) in [6.07, 6.45) is 2.80. The van der Waals surface area contributed by atoms with Crippen molar-refractivity contribution in [1.29, 1.82) is 0 Å². The van der Waals surface area contributed by atoms with Gasteiger partial charge in [-0.25, -0.2) is 0 Å². The minimum Gasteiger partial charge on any atom is -0.454 e. The molecule has 1 atom stereocenters. The lowest BCUT2D eigenvalue weighted by atomic mass is 9.88. The quantitative estimate of drug-likeness (QED) is 0.616. The van der Waals surface area contributed by atoms with Gasteiger partial charge in [0.15, 0.2) is 11.5 Å². The molecule has 1 saturated heterocycles. The van der Waals surface area contributed by atoms with E-state index in [9.17, 15) is 14.4 Å². The molecule has 0 spiro atoms. The lowest BCUT2D eigenvalue weighted by Crippen LogP contribution is -2.53. The van der Waals surface area contributed by atoms with E-state index in [0.717, 1.165) is 5.56 Å². The third-order valence-corrected chi connectivity index (χ3v) is 6.30. The molecule has 34 heavy (non-hydrogen) atoms. The van der Waals surface area contributed by atoms with Crippen LogP contribution in [0.25, 0.3) is 0 Å². The molecule has 2 aliphatic rings. The monoisotopic (exact) mass is 463 g/mol. The average molecular weight is 464 g/mol. The van der Waals surface area contributed by atoms with Gasteiger partial charge in [-0.3, -0.25) is 14.4 Å². The molecular weight excluding hydrogens is 434 g/mol. The Labute approximate surface area is 198 Å². The molecule has 8 nitrogen and oxygen atoms in total. The largest absolute Gasteiger partial charge is 0.454 e. The van der Waals surface area contributed by atoms with E-state index in [-0.39, 0.29) is 30.4 Å². The van der Waals surface area contributed by atoms with Gasteiger partial charge in [0.05, 0.1) is 0 Å². The molecule has 0 radical (unpaired) electrons. The average Bonchev–Trinajstić information content (AvgIpc) is 3.34. The summed E-state index contributed by atoms with van der Waals surface area (Å²) in [5, 5.41) is 5.70. The summed E-state index contributed by atoms with van der Waals surface area (Å²) in [5.41, 5.74) is 2.02. The molecule has 178 valence electrons. The van der Waals surface area contributed by atoms with Gasteiger partial charge in [0.2, 0.25) is 12.7 Å². The van der Waals surface area contributed by atoms with E-state index in [2.05, 4.69) is 17.2 Å². The van der Waals surface area contributed by atoms with Crippen LogP contribution in [0.4, 0.5) is 0 Å². The van der Waals surface area contributed by atoms with Crippen molar-refractivity contribution in [2.45, 2.75) is 25.8 Å². The molecule has 3 amide bonds. The highest BCUT2D eigenvalue weighted by Gasteiger charge is 2.34. The summed E-state index contributed by atoms with van der Waals surface area (Å²) in [5.74, 6) is 0.344. The van der Waals surface area contributed by atoms with Crippen LogP contribution in [0.15, 0.2) is 55.1 Å². The summed E-state index contributed by atoms with van der Waals surface area (Å²) >= 11 is 0. The number of ether oxygens (including phenoxy) is 2. The van der Waals surface area contributed by atoms with E-state index >= 15 is 0 Å². The van der Waals surface area contributed by atoms with E-state index in [4.69, 9.17) is 9.47 Å². The number of carbonyl (C=O) groups is 3. The lowest BCUT2D eigenvalue weighted by Gasteiger charge is -2.36. The molecule has 1 fully saturated rings. The van der Waals surface area contributed by atoms with E-state index < -0.39 is 6.04 Å². The zero-order valence-electron chi connectivity index (χ0n) is 19.2. The molecule has 4 rings (SSSR count). The molecular formula is C26H29N3O5. The third-order valence-electron chi connectivity index (χ3n) is 6.30. The van der Waals surface area contributed by atoms with Gasteiger partial charge in [0.25, 0.3) is 11.8 Å². The Balaban J connectivity index is 1.44. The SMILES string of the molecule is C=CCNC(=O)C(NC(=O)c1ccc2c(c1)OCO2)C1CCN(C(=O)c2ccccc2C)CC1. The number of aryl methyl sites for hydroxylation is 1. The predicted octanol–water partition coefficient (Wildman–Crippen LogP) is 2.68. The number of amides is 3. The van der Waals surface area contributed by atoms with Crippen molar-refractivity contribution >= 4 is 17.7 Å². The number of nitrogens with zero attached hydrogens (tertiary/aromatic N) is 1. The standard InChI is InChI=1S/C26H29N3O5/c1-3-12-27-25(31)23(28-24(30)19-8-9-21-22(15-19)34-16-33-21)18-10-13-29(14-11-18)26(32)20-7-5-4-6-17(20)2/h3-9,15,18,23H,1,10-14,16H2,2H3,(H,27,31)(H,28,30). The molecule has 0 aromatic heterocycles. The van der Waals surface area contributed by atoms with Crippen molar-refractivity contribution in [1.82, 2.24) is 15.5 Å². The number of hydrogen-bond donors (Lipinski definition) is 2. The summed E-state index contributed by atoms with van der Waals surface area (Å²) < 4.78 is 10.7. The smallest absolute Gasteiger partial charge is 0.254 e. The summed E-state index contributed by atoms with van der Waals surface area (Å²) in [7, 11) is 0. The number of carbonyl (C=O) groups excluding carboxylic acids is 3. The Morgan fingerprint density at radius 3 is 2.59 bits per heavy atom. The molecule has 1 unspecified atom stereocenters. The van der Waals surface area contributed by atoms with Gasteiger partial charge in [-0.2, -0.15) is 0 Å². The van der Waals surface area contributed by atoms with Crippen LogP contribution in [0.1, 0.15) is 39.1 Å². The normalized spacial score (nSPS) is 16.0. The molecule has 0 aliphatic carbocycles. The Morgan fingerprint density at radius 2 is 1.85 bits per heavy atom. The van der Waals surface area contributed by atoms with Crippen molar-refractivity contribution in [2.75, 3.05) is 26.4 Å². The van der Waals surface area contributed by atoms with Gasteiger partial charge in [0, 0.05) is 30.8 Å². The number of piperidine rings is 1. The number of fused-ring (bicyclic) bond motifs is 1. The van der Waals surface area contributed by atoms with Crippen molar-refractivity contribution in [3.05, 3.63) is 71.8 Å². The first-order chi connectivity index (χ1) is 16.5. The molecule has 8 heteroatoms. The molecule has 0 bridgehead atoms. The first-order valence-corrected chi connectivity index (χ1v) is 11.4. The van der Waals surface area contributed by atoms with Crippen molar-refractivity contribution in [2.24, 2.45) is 5.92 Å². The summed E-state index contributed by atoms with van der Waals surface area (Å²) in [4.78, 5) is 40.7. The van der Waals surface area contributed by atoms with Gasteiger partial charge in [-0.1, -0.05) is 24.3 Å². The second kappa shape index (κ2) is 10.4. The minimum atomic E-state index is -0.728. The first-order valence-electron chi connectivity index (χ1n) is 11.4. The number of benzene rings is 2. The predicted molar refractivity (Wildman–Crippen MR) is 127 cm³/mol. The fraction of sp³-hybridized carbons (Fsp3) is 0.346. The molecule has 2 aliphatic heterocycles. The van der Waals surface area contributed by atoms with Crippen LogP contribution >= 0.6 is 0 Å². The molecule has 2 aromatic rings. The number of nitrogens with one attached hydrogen (secondary N) is 2. The molecule has 2 heterocycles. The zero-order valence-corrected chi connectivity index (χ0v) is 19.2. The highest BCUT2D eigenvalue weighted by molar-refractivity contribution is 5.98. The first kappa shape index (κ1) is 23.4. The Morgan fingerprint density at radius 1 is 1.12 bits per heavy atom. The molecule has 0 saturated carbocycles. The highest BCUT2D eigenvalue weighted by Crippen LogP contribution is 2.32. The highest BCUT2D eigenvalue weighted by atomic mass is 16.7. The van der Waals surface area contributed by atoms with Crippen LogP contribution in [0, 0.1) is 12.8 Å². The van der Waals surface area contributed by atoms with E-state index in [0.29, 0.717) is 55.1 Å². The van der Waals surface area contributed by atoms with Gasteiger partial charge >= 0.3 is 0 Å². The van der Waals surface area contributed by atoms with Crippen molar-refractivity contribution < 1.29 is 23.9 Å². The molecule has 2 N–H and O–H groups in total. The zero-order chi connectivity index (χ0) is 24.1. The van der Waals surface area contributed by atoms with Crippen LogP contribution in [-0.4, -0.2) is 55.1 Å². The van der Waals surface area contributed by atoms with Crippen molar-refractivity contribution in [3.8, 4) is 11.5 Å². The van der Waals surface area contributed by atoms with E-state index in [1.807, 2.05) is 36.1 Å². The lowest BCUT2D eigenvalue weighted by molar-refractivity contribution is -0.124. The van der Waals surface area contributed by atoms with Gasteiger partial charge < -0.3 is 25.0 Å². The number of hydrogen-bond acceptors (Lipinski definition) is 5. The number of likely N-dealkylation sites (tertiary alicyclic amines) is 1. The Kier molecular flexibility index (Phi) is 7.15. The minimum absolute atomic E-state index is 0.00592. The Hall–Kier alpha value is -3.81.